The van der Waals surface area contributed by atoms with E-state index in [1.165, 1.54) is 25.3 Å². The van der Waals surface area contributed by atoms with Crippen LogP contribution < -0.4 is 14.6 Å². The number of piperidine rings is 1. The fourth-order valence-corrected chi connectivity index (χ4v) is 3.67. The number of nitrogens with zero attached hydrogens (tertiary/aromatic N) is 1. The van der Waals surface area contributed by atoms with Gasteiger partial charge in [0.2, 0.25) is 10.0 Å². The zero-order chi connectivity index (χ0) is 20.3. The van der Waals surface area contributed by atoms with Crippen LogP contribution in [0.5, 0.6) is 17.2 Å². The minimum Gasteiger partial charge on any atom is -0.508 e. The molecule has 9 heteroatoms. The van der Waals surface area contributed by atoms with E-state index in [2.05, 4.69) is 0 Å². The molecule has 2 aromatic carbocycles. The van der Waals surface area contributed by atoms with E-state index in [0.29, 0.717) is 31.7 Å². The van der Waals surface area contributed by atoms with Crippen molar-refractivity contribution in [3.8, 4) is 17.2 Å². The van der Waals surface area contributed by atoms with E-state index < -0.39 is 10.0 Å². The van der Waals surface area contributed by atoms with E-state index in [9.17, 15) is 18.3 Å². The number of phenols is 1. The predicted molar refractivity (Wildman–Crippen MR) is 102 cm³/mol. The smallest absolute Gasteiger partial charge is 0.257 e. The van der Waals surface area contributed by atoms with Gasteiger partial charge in [0.1, 0.15) is 23.4 Å². The average Bonchev–Trinajstić information content (AvgIpc) is 2.67. The largest absolute Gasteiger partial charge is 0.508 e. The van der Waals surface area contributed by atoms with Crippen LogP contribution in [0, 0.1) is 0 Å². The van der Waals surface area contributed by atoms with Gasteiger partial charge in [0, 0.05) is 32.0 Å². The lowest BCUT2D eigenvalue weighted by atomic mass is 10.1. The zero-order valence-corrected chi connectivity index (χ0v) is 16.2. The number of likely N-dealkylation sites (tertiary alicyclic amines) is 1. The first kappa shape index (κ1) is 20.0. The molecule has 1 aliphatic rings. The van der Waals surface area contributed by atoms with Crippen molar-refractivity contribution in [1.82, 2.24) is 4.90 Å². The van der Waals surface area contributed by atoms with Crippen molar-refractivity contribution < 1.29 is 27.8 Å². The third-order valence-electron chi connectivity index (χ3n) is 4.58. The Morgan fingerprint density at radius 3 is 2.50 bits per heavy atom. The maximum Gasteiger partial charge on any atom is 0.257 e. The maximum absolute atomic E-state index is 12.9. The number of rotatable bonds is 5. The Labute approximate surface area is 163 Å². The number of nitrogens with two attached hydrogens (primary N) is 1. The molecule has 0 spiro atoms. The van der Waals surface area contributed by atoms with E-state index in [0.717, 1.165) is 0 Å². The van der Waals surface area contributed by atoms with Gasteiger partial charge in [-0.3, -0.25) is 4.79 Å². The van der Waals surface area contributed by atoms with Gasteiger partial charge in [-0.05, 0) is 30.3 Å². The summed E-state index contributed by atoms with van der Waals surface area (Å²) in [5.41, 5.74) is 0.154. The molecule has 1 aliphatic heterocycles. The highest BCUT2D eigenvalue weighted by atomic mass is 32.2. The molecule has 3 N–H and O–H groups in total. The summed E-state index contributed by atoms with van der Waals surface area (Å²) >= 11 is 0. The fraction of sp³-hybridized carbons (Fsp3) is 0.316. The van der Waals surface area contributed by atoms with Gasteiger partial charge in [-0.1, -0.05) is 6.07 Å². The third kappa shape index (κ3) is 4.55. The number of carbonyl (C=O) groups is 1. The summed E-state index contributed by atoms with van der Waals surface area (Å²) in [6.45, 7) is 0.899. The van der Waals surface area contributed by atoms with Crippen LogP contribution in [0.25, 0.3) is 0 Å². The third-order valence-corrected chi connectivity index (χ3v) is 5.49. The molecule has 150 valence electrons. The normalized spacial score (nSPS) is 15.3. The Morgan fingerprint density at radius 1 is 1.18 bits per heavy atom. The molecule has 0 radical (unpaired) electrons. The van der Waals surface area contributed by atoms with Crippen molar-refractivity contribution >= 4 is 15.9 Å². The van der Waals surface area contributed by atoms with Crippen molar-refractivity contribution in [2.45, 2.75) is 23.8 Å². The predicted octanol–water partition coefficient (Wildman–Crippen LogP) is 1.73. The van der Waals surface area contributed by atoms with Crippen LogP contribution in [0.1, 0.15) is 23.2 Å². The summed E-state index contributed by atoms with van der Waals surface area (Å²) in [5.74, 6) is 0.674. The summed E-state index contributed by atoms with van der Waals surface area (Å²) in [7, 11) is -2.51. The first-order valence-electron chi connectivity index (χ1n) is 8.74. The van der Waals surface area contributed by atoms with E-state index in [1.54, 1.807) is 29.2 Å². The number of primary sulfonamides is 1. The number of phenolic OH excluding ortho intramolecular Hbond substituents is 1. The molecule has 3 rings (SSSR count). The highest BCUT2D eigenvalue weighted by Gasteiger charge is 2.27. The van der Waals surface area contributed by atoms with Gasteiger partial charge in [0.25, 0.3) is 5.91 Å². The first-order valence-corrected chi connectivity index (χ1v) is 10.3. The van der Waals surface area contributed by atoms with Crippen LogP contribution >= 0.6 is 0 Å². The molecular weight excluding hydrogens is 384 g/mol. The number of amides is 1. The molecule has 0 aromatic heterocycles. The first-order chi connectivity index (χ1) is 13.3. The number of hydrogen-bond donors (Lipinski definition) is 2. The van der Waals surface area contributed by atoms with Crippen LogP contribution in [-0.2, 0) is 10.0 Å². The van der Waals surface area contributed by atoms with Gasteiger partial charge in [-0.25, -0.2) is 13.6 Å². The second kappa shape index (κ2) is 8.07. The van der Waals surface area contributed by atoms with Crippen LogP contribution in [-0.4, -0.2) is 50.6 Å². The summed E-state index contributed by atoms with van der Waals surface area (Å²) in [5, 5.41) is 14.7. The molecule has 0 aliphatic carbocycles. The minimum absolute atomic E-state index is 0.0801. The van der Waals surface area contributed by atoms with Crippen molar-refractivity contribution in [3.63, 3.8) is 0 Å². The molecule has 2 aromatic rings. The van der Waals surface area contributed by atoms with E-state index in [1.807, 2.05) is 0 Å². The van der Waals surface area contributed by atoms with Gasteiger partial charge in [0.05, 0.1) is 17.6 Å². The number of aromatic hydroxyl groups is 1. The topological polar surface area (TPSA) is 119 Å². The lowest BCUT2D eigenvalue weighted by Gasteiger charge is -2.32. The number of methoxy groups -OCH3 is 1. The Bertz CT molecular complexity index is 968. The van der Waals surface area contributed by atoms with Crippen molar-refractivity contribution in [2.75, 3.05) is 20.2 Å². The molecule has 1 amide bonds. The molecule has 0 atom stereocenters. The van der Waals surface area contributed by atoms with Gasteiger partial charge in [0.15, 0.2) is 0 Å². The summed E-state index contributed by atoms with van der Waals surface area (Å²) in [4.78, 5) is 14.4. The number of ether oxygens (including phenoxy) is 2. The molecule has 1 saturated heterocycles. The summed E-state index contributed by atoms with van der Waals surface area (Å²) in [6, 6.07) is 10.5. The molecule has 1 fully saturated rings. The standard InChI is InChI=1S/C19H22N2O6S/c1-26-18-6-5-16(28(20,24)25)12-17(18)19(23)21-9-7-14(8-10-21)27-15-4-2-3-13(22)11-15/h2-6,11-12,14,22H,7-10H2,1H3,(H2,20,24,25). The lowest BCUT2D eigenvalue weighted by molar-refractivity contribution is 0.0592. The van der Waals surface area contributed by atoms with E-state index >= 15 is 0 Å². The highest BCUT2D eigenvalue weighted by Crippen LogP contribution is 2.26. The number of hydrogen-bond acceptors (Lipinski definition) is 6. The van der Waals surface area contributed by atoms with Crippen LogP contribution in [0.4, 0.5) is 0 Å². The minimum atomic E-state index is -3.93. The second-order valence-electron chi connectivity index (χ2n) is 6.51. The second-order valence-corrected chi connectivity index (χ2v) is 8.08. The Morgan fingerprint density at radius 2 is 1.89 bits per heavy atom. The summed E-state index contributed by atoms with van der Waals surface area (Å²) < 4.78 is 34.3. The lowest BCUT2D eigenvalue weighted by Crippen LogP contribution is -2.42. The van der Waals surface area contributed by atoms with Crippen LogP contribution in [0.3, 0.4) is 0 Å². The van der Waals surface area contributed by atoms with Crippen molar-refractivity contribution in [1.29, 1.82) is 0 Å². The highest BCUT2D eigenvalue weighted by molar-refractivity contribution is 7.89. The van der Waals surface area contributed by atoms with Crippen molar-refractivity contribution in [3.05, 3.63) is 48.0 Å². The molecule has 1 heterocycles. The molecule has 0 saturated carbocycles. The fourth-order valence-electron chi connectivity index (χ4n) is 3.13. The van der Waals surface area contributed by atoms with Gasteiger partial charge in [-0.15, -0.1) is 0 Å². The molecule has 0 unspecified atom stereocenters. The number of sulfonamides is 1. The number of carbonyl (C=O) groups excluding carboxylic acids is 1. The quantitative estimate of drug-likeness (QED) is 0.780. The number of benzene rings is 2. The molecule has 0 bridgehead atoms. The average molecular weight is 406 g/mol. The molecule has 8 nitrogen and oxygen atoms in total. The van der Waals surface area contributed by atoms with Gasteiger partial charge in [-0.2, -0.15) is 0 Å². The van der Waals surface area contributed by atoms with E-state index in [4.69, 9.17) is 14.6 Å². The van der Waals surface area contributed by atoms with Gasteiger partial charge < -0.3 is 19.5 Å². The maximum atomic E-state index is 12.9. The Balaban J connectivity index is 1.70. The monoisotopic (exact) mass is 406 g/mol. The molecular formula is C19H22N2O6S. The SMILES string of the molecule is COc1ccc(S(N)(=O)=O)cc1C(=O)N1CCC(Oc2cccc(O)c2)CC1. The Hall–Kier alpha value is -2.78. The van der Waals surface area contributed by atoms with Crippen LogP contribution in [0.15, 0.2) is 47.4 Å². The Kier molecular flexibility index (Phi) is 5.76. The van der Waals surface area contributed by atoms with Crippen LogP contribution in [0.2, 0.25) is 0 Å². The van der Waals surface area contributed by atoms with E-state index in [-0.39, 0.29) is 34.0 Å². The van der Waals surface area contributed by atoms with Crippen molar-refractivity contribution in [2.24, 2.45) is 5.14 Å². The zero-order valence-electron chi connectivity index (χ0n) is 15.4. The molecule has 28 heavy (non-hydrogen) atoms. The van der Waals surface area contributed by atoms with Gasteiger partial charge >= 0.3 is 0 Å². The summed E-state index contributed by atoms with van der Waals surface area (Å²) in [6.07, 6.45) is 1.14.